The maximum absolute atomic E-state index is 5.95. The lowest BCUT2D eigenvalue weighted by atomic mass is 10.0. The van der Waals surface area contributed by atoms with Crippen LogP contribution in [0.3, 0.4) is 0 Å². The Bertz CT molecular complexity index is 446. The van der Waals surface area contributed by atoms with E-state index in [1.807, 2.05) is 12.1 Å². The van der Waals surface area contributed by atoms with E-state index in [0.29, 0.717) is 12.6 Å². The van der Waals surface area contributed by atoms with Crippen LogP contribution in [0.4, 0.5) is 0 Å². The molecule has 2 atom stereocenters. The van der Waals surface area contributed by atoms with Gasteiger partial charge in [0, 0.05) is 30.3 Å². The molecule has 0 aromatic heterocycles. The van der Waals surface area contributed by atoms with Crippen molar-refractivity contribution in [2.45, 2.75) is 31.8 Å². The third-order valence-electron chi connectivity index (χ3n) is 4.43. The normalized spacial score (nSPS) is 17.9. The Morgan fingerprint density at radius 2 is 2.00 bits per heavy atom. The number of ether oxygens (including phenoxy) is 2. The van der Waals surface area contributed by atoms with Crippen LogP contribution in [0.15, 0.2) is 18.2 Å². The van der Waals surface area contributed by atoms with Crippen LogP contribution in [-0.2, 0) is 0 Å². The van der Waals surface area contributed by atoms with Gasteiger partial charge in [-0.15, -0.1) is 0 Å². The number of hydrogen-bond acceptors (Lipinski definition) is 4. The summed E-state index contributed by atoms with van der Waals surface area (Å²) >= 11 is 0. The van der Waals surface area contributed by atoms with Crippen LogP contribution in [0.1, 0.15) is 31.4 Å². The van der Waals surface area contributed by atoms with E-state index in [1.165, 1.54) is 18.4 Å². The van der Waals surface area contributed by atoms with Crippen molar-refractivity contribution in [3.63, 3.8) is 0 Å². The number of nitrogens with two attached hydrogens (primary N) is 1. The molecule has 20 heavy (non-hydrogen) atoms. The summed E-state index contributed by atoms with van der Waals surface area (Å²) in [6, 6.07) is 6.73. The Morgan fingerprint density at radius 1 is 1.30 bits per heavy atom. The molecule has 1 aliphatic rings. The van der Waals surface area contributed by atoms with Crippen LogP contribution >= 0.6 is 0 Å². The van der Waals surface area contributed by atoms with Crippen LogP contribution in [0.5, 0.6) is 11.5 Å². The fraction of sp³-hybridized carbons (Fsp3) is 0.625. The molecule has 0 heterocycles. The number of nitrogens with zero attached hydrogens (tertiary/aromatic N) is 1. The van der Waals surface area contributed by atoms with E-state index in [4.69, 9.17) is 15.2 Å². The lowest BCUT2D eigenvalue weighted by molar-refractivity contribution is 0.167. The lowest BCUT2D eigenvalue weighted by Crippen LogP contribution is -2.41. The van der Waals surface area contributed by atoms with Crippen molar-refractivity contribution < 1.29 is 9.47 Å². The summed E-state index contributed by atoms with van der Waals surface area (Å²) in [4.78, 5) is 2.38. The van der Waals surface area contributed by atoms with Gasteiger partial charge in [0.05, 0.1) is 14.2 Å². The van der Waals surface area contributed by atoms with Crippen molar-refractivity contribution in [3.05, 3.63) is 23.8 Å². The minimum atomic E-state index is 0.269. The van der Waals surface area contributed by atoms with Crippen LogP contribution < -0.4 is 15.2 Å². The highest BCUT2D eigenvalue weighted by molar-refractivity contribution is 5.42. The number of likely N-dealkylation sites (N-methyl/N-ethyl adjacent to an activating group) is 1. The van der Waals surface area contributed by atoms with Crippen LogP contribution in [0.2, 0.25) is 0 Å². The first-order valence-electron chi connectivity index (χ1n) is 7.26. The molecule has 1 aliphatic carbocycles. The van der Waals surface area contributed by atoms with E-state index in [0.717, 1.165) is 17.4 Å². The van der Waals surface area contributed by atoms with Gasteiger partial charge in [-0.1, -0.05) is 6.07 Å². The Hall–Kier alpha value is -1.26. The van der Waals surface area contributed by atoms with Gasteiger partial charge >= 0.3 is 0 Å². The highest BCUT2D eigenvalue weighted by Gasteiger charge is 2.35. The van der Waals surface area contributed by atoms with Crippen molar-refractivity contribution in [3.8, 4) is 11.5 Å². The fourth-order valence-corrected chi connectivity index (χ4v) is 2.84. The smallest absolute Gasteiger partial charge is 0.127 e. The standard InChI is InChI=1S/C16H26N2O2/c1-11(18(2)15(10-17)12-5-6-12)14-8-7-13(19-3)9-16(14)20-4/h7-9,11-12,15H,5-6,10,17H2,1-4H3. The van der Waals surface area contributed by atoms with Crippen molar-refractivity contribution in [1.82, 2.24) is 4.90 Å². The number of methoxy groups -OCH3 is 2. The van der Waals surface area contributed by atoms with E-state index >= 15 is 0 Å². The summed E-state index contributed by atoms with van der Waals surface area (Å²) in [5.74, 6) is 2.45. The van der Waals surface area contributed by atoms with Crippen LogP contribution in [0.25, 0.3) is 0 Å². The molecule has 0 amide bonds. The minimum Gasteiger partial charge on any atom is -0.497 e. The summed E-state index contributed by atoms with van der Waals surface area (Å²) in [6.07, 6.45) is 2.61. The molecule has 2 unspecified atom stereocenters. The maximum Gasteiger partial charge on any atom is 0.127 e. The van der Waals surface area contributed by atoms with Crippen LogP contribution in [-0.4, -0.2) is 38.8 Å². The van der Waals surface area contributed by atoms with Gasteiger partial charge in [-0.25, -0.2) is 0 Å². The second-order valence-corrected chi connectivity index (χ2v) is 5.59. The Kier molecular flexibility index (Phi) is 4.89. The maximum atomic E-state index is 5.95. The quantitative estimate of drug-likeness (QED) is 0.832. The van der Waals surface area contributed by atoms with Crippen LogP contribution in [0, 0.1) is 5.92 Å². The SMILES string of the molecule is COc1ccc(C(C)N(C)C(CN)C2CC2)c(OC)c1. The molecule has 1 aromatic carbocycles. The number of benzene rings is 1. The molecule has 4 heteroatoms. The predicted octanol–water partition coefficient (Wildman–Crippen LogP) is 2.43. The van der Waals surface area contributed by atoms with E-state index in [9.17, 15) is 0 Å². The molecule has 2 N–H and O–H groups in total. The van der Waals surface area contributed by atoms with E-state index in [-0.39, 0.29) is 6.04 Å². The first kappa shape index (κ1) is 15.1. The van der Waals surface area contributed by atoms with Gasteiger partial charge in [-0.2, -0.15) is 0 Å². The van der Waals surface area contributed by atoms with Gasteiger partial charge in [0.15, 0.2) is 0 Å². The Morgan fingerprint density at radius 3 is 2.50 bits per heavy atom. The van der Waals surface area contributed by atoms with Gasteiger partial charge in [0.1, 0.15) is 11.5 Å². The minimum absolute atomic E-state index is 0.269. The zero-order valence-electron chi connectivity index (χ0n) is 12.9. The summed E-state index contributed by atoms with van der Waals surface area (Å²) in [5, 5.41) is 0. The van der Waals surface area contributed by atoms with E-state index in [1.54, 1.807) is 14.2 Å². The molecule has 2 rings (SSSR count). The highest BCUT2D eigenvalue weighted by atomic mass is 16.5. The third kappa shape index (κ3) is 3.07. The molecule has 1 saturated carbocycles. The van der Waals surface area contributed by atoms with Gasteiger partial charge in [0.2, 0.25) is 0 Å². The molecular weight excluding hydrogens is 252 g/mol. The van der Waals surface area contributed by atoms with Gasteiger partial charge in [-0.05, 0) is 38.8 Å². The average Bonchev–Trinajstić information content (AvgIpc) is 3.31. The molecular formula is C16H26N2O2. The Labute approximate surface area is 121 Å². The van der Waals surface area contributed by atoms with Gasteiger partial charge < -0.3 is 15.2 Å². The van der Waals surface area contributed by atoms with Gasteiger partial charge in [-0.3, -0.25) is 4.90 Å². The Balaban J connectivity index is 2.20. The zero-order valence-corrected chi connectivity index (χ0v) is 12.9. The van der Waals surface area contributed by atoms with E-state index < -0.39 is 0 Å². The summed E-state index contributed by atoms with van der Waals surface area (Å²) in [5.41, 5.74) is 7.13. The first-order valence-corrected chi connectivity index (χ1v) is 7.26. The molecule has 0 saturated heterocycles. The molecule has 0 spiro atoms. The molecule has 0 bridgehead atoms. The first-order chi connectivity index (χ1) is 9.62. The van der Waals surface area contributed by atoms with Crippen molar-refractivity contribution in [2.75, 3.05) is 27.8 Å². The molecule has 1 aromatic rings. The van der Waals surface area contributed by atoms with Crippen molar-refractivity contribution >= 4 is 0 Å². The molecule has 0 aliphatic heterocycles. The summed E-state index contributed by atoms with van der Waals surface area (Å²) in [7, 11) is 5.53. The van der Waals surface area contributed by atoms with Gasteiger partial charge in [0.25, 0.3) is 0 Å². The topological polar surface area (TPSA) is 47.7 Å². The lowest BCUT2D eigenvalue weighted by Gasteiger charge is -2.33. The summed E-state index contributed by atoms with van der Waals surface area (Å²) < 4.78 is 10.8. The monoisotopic (exact) mass is 278 g/mol. The van der Waals surface area contributed by atoms with Crippen molar-refractivity contribution in [2.24, 2.45) is 11.7 Å². The van der Waals surface area contributed by atoms with E-state index in [2.05, 4.69) is 24.9 Å². The predicted molar refractivity (Wildman–Crippen MR) is 81.3 cm³/mol. The second kappa shape index (κ2) is 6.46. The number of rotatable bonds is 7. The largest absolute Gasteiger partial charge is 0.497 e. The molecule has 1 fully saturated rings. The fourth-order valence-electron chi connectivity index (χ4n) is 2.84. The second-order valence-electron chi connectivity index (χ2n) is 5.59. The average molecular weight is 278 g/mol. The summed E-state index contributed by atoms with van der Waals surface area (Å²) in [6.45, 7) is 2.92. The zero-order chi connectivity index (χ0) is 14.7. The number of hydrogen-bond donors (Lipinski definition) is 1. The molecule has 4 nitrogen and oxygen atoms in total. The highest BCUT2D eigenvalue weighted by Crippen LogP contribution is 2.39. The van der Waals surface area contributed by atoms with Crippen molar-refractivity contribution in [1.29, 1.82) is 0 Å². The molecule has 0 radical (unpaired) electrons. The molecule has 112 valence electrons. The third-order valence-corrected chi connectivity index (χ3v) is 4.43.